The molecule has 0 N–H and O–H groups in total. The second-order valence-electron chi connectivity index (χ2n) is 12.5. The van der Waals surface area contributed by atoms with Gasteiger partial charge in [0.05, 0.1) is 11.1 Å². The van der Waals surface area contributed by atoms with Crippen molar-refractivity contribution >= 4 is 81.3 Å². The fourth-order valence-corrected chi connectivity index (χ4v) is 8.46. The number of furan rings is 1. The van der Waals surface area contributed by atoms with Gasteiger partial charge in [0.25, 0.3) is 0 Å². The molecule has 10 rings (SSSR count). The molecule has 0 spiro atoms. The molecule has 10 aromatic rings. The highest BCUT2D eigenvalue weighted by Gasteiger charge is 2.19. The van der Waals surface area contributed by atoms with Crippen LogP contribution in [0, 0.1) is 0 Å². The summed E-state index contributed by atoms with van der Waals surface area (Å²) in [6.07, 6.45) is 0. The molecule has 0 amide bonds. The second kappa shape index (κ2) is 11.2. The molecule has 2 heterocycles. The lowest BCUT2D eigenvalue weighted by Crippen LogP contribution is -2.10. The van der Waals surface area contributed by atoms with Crippen molar-refractivity contribution in [3.05, 3.63) is 176 Å². The summed E-state index contributed by atoms with van der Waals surface area (Å²) in [6.45, 7) is 0. The fraction of sp³-hybridized carbons (Fsp3) is 0. The van der Waals surface area contributed by atoms with E-state index in [1.54, 1.807) is 0 Å². The van der Waals surface area contributed by atoms with Crippen LogP contribution in [-0.4, -0.2) is 0 Å². The van der Waals surface area contributed by atoms with Crippen molar-refractivity contribution in [3.8, 4) is 22.3 Å². The van der Waals surface area contributed by atoms with Crippen molar-refractivity contribution < 1.29 is 4.42 Å². The normalized spacial score (nSPS) is 11.7. The third-order valence-corrected chi connectivity index (χ3v) is 10.8. The zero-order valence-corrected chi connectivity index (χ0v) is 27.3. The van der Waals surface area contributed by atoms with Crippen molar-refractivity contribution in [1.29, 1.82) is 0 Å². The van der Waals surface area contributed by atoms with Crippen LogP contribution in [0.1, 0.15) is 0 Å². The molecule has 0 fully saturated rings. The van der Waals surface area contributed by atoms with E-state index in [0.717, 1.165) is 39.0 Å². The Balaban J connectivity index is 1.09. The molecule has 2 nitrogen and oxygen atoms in total. The first-order valence-electron chi connectivity index (χ1n) is 16.6. The molecule has 230 valence electrons. The smallest absolute Gasteiger partial charge is 0.137 e. The average Bonchev–Trinajstić information content (AvgIpc) is 3.75. The highest BCUT2D eigenvalue weighted by Crippen LogP contribution is 2.44. The summed E-state index contributed by atoms with van der Waals surface area (Å²) in [4.78, 5) is 2.35. The Labute approximate surface area is 287 Å². The Hall–Kier alpha value is -6.16. The molecule has 8 aromatic carbocycles. The van der Waals surface area contributed by atoms with E-state index >= 15 is 0 Å². The molecule has 0 aliphatic heterocycles. The maximum absolute atomic E-state index is 6.32. The first-order valence-corrected chi connectivity index (χ1v) is 17.4. The summed E-state index contributed by atoms with van der Waals surface area (Å²) in [5.74, 6) is 0. The number of hydrogen-bond donors (Lipinski definition) is 0. The number of para-hydroxylation sites is 1. The largest absolute Gasteiger partial charge is 0.456 e. The molecule has 0 atom stereocenters. The van der Waals surface area contributed by atoms with Gasteiger partial charge in [-0.3, -0.25) is 0 Å². The number of nitrogens with zero attached hydrogens (tertiary/aromatic N) is 1. The predicted octanol–water partition coefficient (Wildman–Crippen LogP) is 13.9. The SMILES string of the molecule is c1ccc(-c2ccc(N(c3ccc(-c4ccc5c(ccc6sc7ccccc7c65)c4)cc3)c3cccc4oc5ccccc5c34)cc2)cc1. The van der Waals surface area contributed by atoms with Crippen LogP contribution in [0.2, 0.25) is 0 Å². The van der Waals surface area contributed by atoms with E-state index in [1.165, 1.54) is 53.2 Å². The summed E-state index contributed by atoms with van der Waals surface area (Å²) in [5.41, 5.74) is 9.82. The van der Waals surface area contributed by atoms with Crippen LogP contribution in [0.3, 0.4) is 0 Å². The number of rotatable bonds is 5. The van der Waals surface area contributed by atoms with Gasteiger partial charge in [-0.15, -0.1) is 11.3 Å². The highest BCUT2D eigenvalue weighted by atomic mass is 32.1. The van der Waals surface area contributed by atoms with Crippen molar-refractivity contribution in [3.63, 3.8) is 0 Å². The number of hydrogen-bond acceptors (Lipinski definition) is 3. The minimum absolute atomic E-state index is 0.880. The lowest BCUT2D eigenvalue weighted by Gasteiger charge is -2.26. The van der Waals surface area contributed by atoms with Crippen LogP contribution in [0.25, 0.3) is 75.1 Å². The number of anilines is 3. The monoisotopic (exact) mass is 643 g/mol. The molecule has 0 saturated heterocycles. The predicted molar refractivity (Wildman–Crippen MR) is 210 cm³/mol. The topological polar surface area (TPSA) is 16.4 Å². The molecule has 3 heteroatoms. The quantitative estimate of drug-likeness (QED) is 0.186. The summed E-state index contributed by atoms with van der Waals surface area (Å²) in [5, 5.41) is 7.48. The van der Waals surface area contributed by atoms with Crippen LogP contribution in [0.15, 0.2) is 180 Å². The summed E-state index contributed by atoms with van der Waals surface area (Å²) in [7, 11) is 0. The molecule has 2 aromatic heterocycles. The first-order chi connectivity index (χ1) is 24.3. The Bertz CT molecular complexity index is 2810. The van der Waals surface area contributed by atoms with Crippen LogP contribution in [-0.2, 0) is 0 Å². The molecule has 0 aliphatic rings. The molecule has 0 radical (unpaired) electrons. The van der Waals surface area contributed by atoms with Crippen LogP contribution in [0.4, 0.5) is 17.1 Å². The van der Waals surface area contributed by atoms with E-state index in [-0.39, 0.29) is 0 Å². The molecular formula is C46H29NOS. The minimum Gasteiger partial charge on any atom is -0.456 e. The van der Waals surface area contributed by atoms with Gasteiger partial charge < -0.3 is 9.32 Å². The molecule has 0 unspecified atom stereocenters. The zero-order chi connectivity index (χ0) is 32.3. The van der Waals surface area contributed by atoms with E-state index < -0.39 is 0 Å². The Kier molecular flexibility index (Phi) is 6.39. The van der Waals surface area contributed by atoms with Crippen LogP contribution in [0.5, 0.6) is 0 Å². The van der Waals surface area contributed by atoms with E-state index in [1.807, 2.05) is 23.5 Å². The third kappa shape index (κ3) is 4.62. The van der Waals surface area contributed by atoms with Crippen molar-refractivity contribution in [1.82, 2.24) is 0 Å². The van der Waals surface area contributed by atoms with Gasteiger partial charge in [0.15, 0.2) is 0 Å². The fourth-order valence-electron chi connectivity index (χ4n) is 7.34. The van der Waals surface area contributed by atoms with Gasteiger partial charge in [0.2, 0.25) is 0 Å². The summed E-state index contributed by atoms with van der Waals surface area (Å²) >= 11 is 1.87. The Morgan fingerprint density at radius 2 is 1.02 bits per heavy atom. The molecule has 0 bridgehead atoms. The lowest BCUT2D eigenvalue weighted by molar-refractivity contribution is 0.669. The second-order valence-corrected chi connectivity index (χ2v) is 13.6. The molecule has 49 heavy (non-hydrogen) atoms. The van der Waals surface area contributed by atoms with Gasteiger partial charge in [-0.2, -0.15) is 0 Å². The van der Waals surface area contributed by atoms with Crippen molar-refractivity contribution in [2.75, 3.05) is 4.90 Å². The maximum Gasteiger partial charge on any atom is 0.137 e. The summed E-state index contributed by atoms with van der Waals surface area (Å²) in [6, 6.07) is 63.2. The highest BCUT2D eigenvalue weighted by molar-refractivity contribution is 7.26. The van der Waals surface area contributed by atoms with Crippen LogP contribution >= 0.6 is 11.3 Å². The van der Waals surface area contributed by atoms with E-state index in [9.17, 15) is 0 Å². The Morgan fingerprint density at radius 3 is 1.82 bits per heavy atom. The van der Waals surface area contributed by atoms with Gasteiger partial charge in [0.1, 0.15) is 11.2 Å². The Morgan fingerprint density at radius 1 is 0.388 bits per heavy atom. The molecule has 0 aliphatic carbocycles. The average molecular weight is 644 g/mol. The van der Waals surface area contributed by atoms with Crippen molar-refractivity contribution in [2.24, 2.45) is 0 Å². The lowest BCUT2D eigenvalue weighted by atomic mass is 9.98. The first kappa shape index (κ1) is 27.9. The maximum atomic E-state index is 6.32. The van der Waals surface area contributed by atoms with Gasteiger partial charge in [0, 0.05) is 36.9 Å². The minimum atomic E-state index is 0.880. The standard InChI is InChI=1S/C46H29NOS/c1-2-9-30(10-3-1)31-17-23-35(24-18-31)47(40-13-8-15-42-46(40)38-11-4-6-14-41(38)48-42)36-25-19-32(20-26-36)33-21-27-37-34(29-33)22-28-44-45(37)39-12-5-7-16-43(39)49-44/h1-29H. The molecular weight excluding hydrogens is 615 g/mol. The van der Waals surface area contributed by atoms with Crippen LogP contribution < -0.4 is 4.90 Å². The summed E-state index contributed by atoms with van der Waals surface area (Å²) < 4.78 is 9.00. The van der Waals surface area contributed by atoms with E-state index in [2.05, 4.69) is 169 Å². The van der Waals surface area contributed by atoms with E-state index in [0.29, 0.717) is 0 Å². The number of benzene rings is 8. The van der Waals surface area contributed by atoms with Gasteiger partial charge in [-0.05, 0) is 93.7 Å². The molecule has 0 saturated carbocycles. The number of fused-ring (bicyclic) bond motifs is 8. The zero-order valence-electron chi connectivity index (χ0n) is 26.5. The third-order valence-electron chi connectivity index (χ3n) is 9.67. The van der Waals surface area contributed by atoms with Gasteiger partial charge in [-0.25, -0.2) is 0 Å². The van der Waals surface area contributed by atoms with E-state index in [4.69, 9.17) is 4.42 Å². The number of thiophene rings is 1. The van der Waals surface area contributed by atoms with Crippen molar-refractivity contribution in [2.45, 2.75) is 0 Å². The van der Waals surface area contributed by atoms with Gasteiger partial charge >= 0.3 is 0 Å². The van der Waals surface area contributed by atoms with Gasteiger partial charge in [-0.1, -0.05) is 115 Å².